The standard InChI is InChI=1S/C45H36N2/c1-30(26-42(33-18-9-6-10-19-33)46-31(2)32-16-7-5-8-17-32)34-20-15-21-35(27-34)47-43-25-14-12-23-37(43)39-28-38-36-22-11-13-24-40(36)45(3,4)41(38)29-44(39)47/h5-29H,2H2,1,3-4H3/b30-26+,46-42?. The first-order valence-corrected chi connectivity index (χ1v) is 16.3. The molecule has 2 heteroatoms. The van der Waals surface area contributed by atoms with Crippen LogP contribution in [0, 0.1) is 0 Å². The number of nitrogens with zero attached hydrogens (tertiary/aromatic N) is 2. The molecule has 1 heterocycles. The zero-order valence-corrected chi connectivity index (χ0v) is 27.0. The second-order valence-electron chi connectivity index (χ2n) is 13.0. The monoisotopic (exact) mass is 604 g/mol. The van der Waals surface area contributed by atoms with Crippen LogP contribution in [0.4, 0.5) is 0 Å². The van der Waals surface area contributed by atoms with Crippen molar-refractivity contribution >= 4 is 38.8 Å². The van der Waals surface area contributed by atoms with Crippen molar-refractivity contribution in [2.45, 2.75) is 26.2 Å². The van der Waals surface area contributed by atoms with Gasteiger partial charge >= 0.3 is 0 Å². The van der Waals surface area contributed by atoms with Crippen LogP contribution in [0.2, 0.25) is 0 Å². The zero-order chi connectivity index (χ0) is 32.1. The van der Waals surface area contributed by atoms with Gasteiger partial charge in [-0.2, -0.15) is 0 Å². The minimum atomic E-state index is -0.0699. The topological polar surface area (TPSA) is 17.3 Å². The molecule has 2 nitrogen and oxygen atoms in total. The third-order valence-electron chi connectivity index (χ3n) is 9.72. The van der Waals surface area contributed by atoms with Crippen molar-refractivity contribution < 1.29 is 0 Å². The van der Waals surface area contributed by atoms with Crippen LogP contribution in [0.25, 0.3) is 49.9 Å². The van der Waals surface area contributed by atoms with E-state index in [1.54, 1.807) is 0 Å². The van der Waals surface area contributed by atoms with Crippen LogP contribution in [0.15, 0.2) is 163 Å². The predicted octanol–water partition coefficient (Wildman–Crippen LogP) is 11.7. The number of fused-ring (bicyclic) bond motifs is 6. The fourth-order valence-corrected chi connectivity index (χ4v) is 7.25. The second-order valence-corrected chi connectivity index (χ2v) is 13.0. The van der Waals surface area contributed by atoms with Crippen molar-refractivity contribution in [3.63, 3.8) is 0 Å². The molecule has 1 aliphatic carbocycles. The Morgan fingerprint density at radius 3 is 2.04 bits per heavy atom. The van der Waals surface area contributed by atoms with Gasteiger partial charge in [0.1, 0.15) is 0 Å². The lowest BCUT2D eigenvalue weighted by molar-refractivity contribution is 0.661. The van der Waals surface area contributed by atoms with Crippen LogP contribution in [0.5, 0.6) is 0 Å². The smallest absolute Gasteiger partial charge is 0.0712 e. The average Bonchev–Trinajstić information content (AvgIpc) is 3.56. The average molecular weight is 605 g/mol. The Balaban J connectivity index is 1.27. The Kier molecular flexibility index (Phi) is 6.88. The van der Waals surface area contributed by atoms with Gasteiger partial charge in [-0.1, -0.05) is 136 Å². The van der Waals surface area contributed by atoms with E-state index in [4.69, 9.17) is 4.99 Å². The van der Waals surface area contributed by atoms with Crippen LogP contribution >= 0.6 is 0 Å². The molecule has 226 valence electrons. The molecule has 1 aliphatic rings. The van der Waals surface area contributed by atoms with E-state index in [9.17, 15) is 0 Å². The molecule has 7 aromatic rings. The van der Waals surface area contributed by atoms with Crippen LogP contribution < -0.4 is 0 Å². The Bertz CT molecular complexity index is 2380. The number of aliphatic imine (C=N–C) groups is 1. The van der Waals surface area contributed by atoms with Gasteiger partial charge in [-0.25, -0.2) is 4.99 Å². The molecule has 0 radical (unpaired) electrons. The van der Waals surface area contributed by atoms with Crippen molar-refractivity contribution in [3.05, 3.63) is 186 Å². The minimum Gasteiger partial charge on any atom is -0.309 e. The quantitative estimate of drug-likeness (QED) is 0.168. The summed E-state index contributed by atoms with van der Waals surface area (Å²) in [4.78, 5) is 5.04. The Morgan fingerprint density at radius 1 is 0.596 bits per heavy atom. The Hall–Kier alpha value is -5.73. The number of hydrogen-bond donors (Lipinski definition) is 0. The van der Waals surface area contributed by atoms with Gasteiger partial charge in [0, 0.05) is 27.4 Å². The number of para-hydroxylation sites is 1. The Morgan fingerprint density at radius 2 is 1.26 bits per heavy atom. The van der Waals surface area contributed by atoms with Crippen molar-refractivity contribution in [2.75, 3.05) is 0 Å². The van der Waals surface area contributed by atoms with Gasteiger partial charge in [-0.05, 0) is 82.3 Å². The molecule has 0 fully saturated rings. The second kappa shape index (κ2) is 11.3. The normalized spacial score (nSPS) is 13.9. The van der Waals surface area contributed by atoms with Crippen molar-refractivity contribution in [2.24, 2.45) is 4.99 Å². The summed E-state index contributed by atoms with van der Waals surface area (Å²) in [6.45, 7) is 11.2. The summed E-state index contributed by atoms with van der Waals surface area (Å²) in [6.07, 6.45) is 2.18. The zero-order valence-electron chi connectivity index (χ0n) is 27.0. The van der Waals surface area contributed by atoms with Crippen LogP contribution in [-0.4, -0.2) is 10.3 Å². The van der Waals surface area contributed by atoms with E-state index in [-0.39, 0.29) is 5.41 Å². The van der Waals surface area contributed by atoms with Crippen LogP contribution in [0.1, 0.15) is 48.6 Å². The fourth-order valence-electron chi connectivity index (χ4n) is 7.25. The summed E-state index contributed by atoms with van der Waals surface area (Å²) in [5, 5.41) is 2.55. The third kappa shape index (κ3) is 4.85. The first-order valence-electron chi connectivity index (χ1n) is 16.3. The van der Waals surface area contributed by atoms with E-state index in [1.165, 1.54) is 44.1 Å². The molecule has 0 saturated heterocycles. The molecular weight excluding hydrogens is 569 g/mol. The molecule has 0 atom stereocenters. The van der Waals surface area contributed by atoms with Gasteiger partial charge in [0.15, 0.2) is 0 Å². The maximum absolute atomic E-state index is 5.04. The lowest BCUT2D eigenvalue weighted by atomic mass is 9.82. The van der Waals surface area contributed by atoms with Crippen molar-refractivity contribution in [1.29, 1.82) is 0 Å². The minimum absolute atomic E-state index is 0.0699. The molecule has 0 bridgehead atoms. The lowest BCUT2D eigenvalue weighted by Gasteiger charge is -2.21. The van der Waals surface area contributed by atoms with Crippen LogP contribution in [0.3, 0.4) is 0 Å². The van der Waals surface area contributed by atoms with Gasteiger partial charge in [-0.3, -0.25) is 0 Å². The van der Waals surface area contributed by atoms with Crippen molar-refractivity contribution in [1.82, 2.24) is 4.57 Å². The van der Waals surface area contributed by atoms with E-state index in [0.717, 1.165) is 39.4 Å². The summed E-state index contributed by atoms with van der Waals surface area (Å²) in [5.74, 6) is 0. The number of rotatable bonds is 6. The first-order chi connectivity index (χ1) is 22.9. The maximum atomic E-state index is 5.04. The number of aromatic nitrogens is 1. The molecule has 0 unspecified atom stereocenters. The molecule has 8 rings (SSSR count). The number of hydrogen-bond acceptors (Lipinski definition) is 1. The summed E-state index contributed by atoms with van der Waals surface area (Å²) in [5.41, 5.74) is 15.0. The Labute approximate surface area is 276 Å². The highest BCUT2D eigenvalue weighted by atomic mass is 15.0. The first kappa shape index (κ1) is 28.7. The van der Waals surface area contributed by atoms with Gasteiger partial charge in [-0.15, -0.1) is 0 Å². The summed E-state index contributed by atoms with van der Waals surface area (Å²) >= 11 is 0. The highest BCUT2D eigenvalue weighted by molar-refractivity contribution is 6.14. The molecule has 0 aliphatic heterocycles. The van der Waals surface area contributed by atoms with E-state index >= 15 is 0 Å². The van der Waals surface area contributed by atoms with Gasteiger partial charge in [0.2, 0.25) is 0 Å². The largest absolute Gasteiger partial charge is 0.309 e. The SMILES string of the molecule is C=C(N=C(/C=C(\C)c1cccc(-n2c3ccccc3c3cc4c(cc32)C(C)(C)c2ccccc2-4)c1)c1ccccc1)c1ccccc1. The molecule has 0 N–H and O–H groups in total. The molecule has 6 aromatic carbocycles. The van der Waals surface area contributed by atoms with Gasteiger partial charge in [0.05, 0.1) is 22.4 Å². The number of allylic oxidation sites excluding steroid dienone is 2. The van der Waals surface area contributed by atoms with E-state index in [2.05, 4.69) is 159 Å². The predicted molar refractivity (Wildman–Crippen MR) is 200 cm³/mol. The molecule has 1 aromatic heterocycles. The lowest BCUT2D eigenvalue weighted by Crippen LogP contribution is -2.14. The molecule has 47 heavy (non-hydrogen) atoms. The van der Waals surface area contributed by atoms with Crippen molar-refractivity contribution in [3.8, 4) is 16.8 Å². The van der Waals surface area contributed by atoms with E-state index in [1.807, 2.05) is 24.3 Å². The fraction of sp³-hybridized carbons (Fsp3) is 0.0889. The highest BCUT2D eigenvalue weighted by Crippen LogP contribution is 2.50. The summed E-state index contributed by atoms with van der Waals surface area (Å²) < 4.78 is 2.43. The van der Waals surface area contributed by atoms with Gasteiger partial charge < -0.3 is 4.57 Å². The summed E-state index contributed by atoms with van der Waals surface area (Å²) in [6, 6.07) is 51.9. The van der Waals surface area contributed by atoms with Crippen LogP contribution in [-0.2, 0) is 5.41 Å². The highest BCUT2D eigenvalue weighted by Gasteiger charge is 2.36. The van der Waals surface area contributed by atoms with E-state index < -0.39 is 0 Å². The molecule has 0 spiro atoms. The molecular formula is C45H36N2. The number of benzene rings is 6. The van der Waals surface area contributed by atoms with E-state index in [0.29, 0.717) is 0 Å². The third-order valence-corrected chi connectivity index (χ3v) is 9.72. The molecule has 0 saturated carbocycles. The molecule has 0 amide bonds. The van der Waals surface area contributed by atoms with Gasteiger partial charge in [0.25, 0.3) is 0 Å². The maximum Gasteiger partial charge on any atom is 0.0712 e. The summed E-state index contributed by atoms with van der Waals surface area (Å²) in [7, 11) is 0.